The molecule has 4 rings (SSSR count). The molecule has 5 nitrogen and oxygen atoms in total. The monoisotopic (exact) mass is 386 g/mol. The van der Waals surface area contributed by atoms with Gasteiger partial charge in [0.2, 0.25) is 11.8 Å². The van der Waals surface area contributed by atoms with E-state index >= 15 is 0 Å². The Morgan fingerprint density at radius 3 is 2.64 bits per heavy atom. The Bertz CT molecular complexity index is 729. The van der Waals surface area contributed by atoms with Crippen molar-refractivity contribution < 1.29 is 14.4 Å². The summed E-state index contributed by atoms with van der Waals surface area (Å²) in [5, 5.41) is 6.17. The number of rotatable bonds is 3. The number of aldehydes is 1. The lowest BCUT2D eigenvalue weighted by molar-refractivity contribution is -0.136. The van der Waals surface area contributed by atoms with E-state index in [4.69, 9.17) is 0 Å². The molecule has 1 aliphatic heterocycles. The predicted molar refractivity (Wildman–Crippen MR) is 107 cm³/mol. The molecule has 4 aliphatic rings. The van der Waals surface area contributed by atoms with Gasteiger partial charge in [-0.2, -0.15) is 0 Å². The van der Waals surface area contributed by atoms with Crippen molar-refractivity contribution in [3.63, 3.8) is 0 Å². The van der Waals surface area contributed by atoms with Crippen molar-refractivity contribution >= 4 is 18.1 Å². The number of nitrogens with one attached hydrogen (secondary N) is 2. The summed E-state index contributed by atoms with van der Waals surface area (Å²) in [7, 11) is 0. The average molecular weight is 387 g/mol. The molecular weight excluding hydrogens is 352 g/mol. The Balaban J connectivity index is 1.57. The van der Waals surface area contributed by atoms with Gasteiger partial charge in [0, 0.05) is 17.4 Å². The summed E-state index contributed by atoms with van der Waals surface area (Å²) in [5.74, 6) is 1.79. The summed E-state index contributed by atoms with van der Waals surface area (Å²) in [4.78, 5) is 36.2. The lowest BCUT2D eigenvalue weighted by Gasteiger charge is -2.58. The largest absolute Gasteiger partial charge is 0.349 e. The predicted octanol–water partition coefficient (Wildman–Crippen LogP) is 2.99. The molecule has 0 spiro atoms. The first-order valence-corrected chi connectivity index (χ1v) is 10.9. The molecule has 154 valence electrons. The minimum absolute atomic E-state index is 0.00897. The number of amides is 2. The van der Waals surface area contributed by atoms with Crippen LogP contribution in [0.4, 0.5) is 0 Å². The first-order chi connectivity index (χ1) is 13.1. The third-order valence-electron chi connectivity index (χ3n) is 8.74. The minimum atomic E-state index is -0.806. The van der Waals surface area contributed by atoms with Gasteiger partial charge in [0.25, 0.3) is 0 Å². The van der Waals surface area contributed by atoms with Crippen LogP contribution in [0.2, 0.25) is 0 Å². The van der Waals surface area contributed by atoms with Gasteiger partial charge in [0.1, 0.15) is 6.29 Å². The zero-order valence-electron chi connectivity index (χ0n) is 17.6. The summed E-state index contributed by atoms with van der Waals surface area (Å²) in [6.45, 7) is 8.15. The Labute approximate surface area is 168 Å². The van der Waals surface area contributed by atoms with Crippen LogP contribution in [0.25, 0.3) is 0 Å². The van der Waals surface area contributed by atoms with E-state index in [0.29, 0.717) is 17.8 Å². The summed E-state index contributed by atoms with van der Waals surface area (Å²) >= 11 is 0. The van der Waals surface area contributed by atoms with Gasteiger partial charge < -0.3 is 15.4 Å². The zero-order valence-corrected chi connectivity index (χ0v) is 17.6. The SMILES string of the molecule is CC(C)(C=O)NC(=O)[C@H]1CC[C@H]2[C@@H]3CC[C@H]4NC(=O)C=C[C@]4(C)[C@H]3CC[C@]12C. The third kappa shape index (κ3) is 2.84. The van der Waals surface area contributed by atoms with E-state index in [0.717, 1.165) is 44.8 Å². The van der Waals surface area contributed by atoms with Crippen molar-refractivity contribution in [3.8, 4) is 0 Å². The van der Waals surface area contributed by atoms with Gasteiger partial charge in [-0.3, -0.25) is 9.59 Å². The van der Waals surface area contributed by atoms with Gasteiger partial charge in [0.15, 0.2) is 0 Å². The highest BCUT2D eigenvalue weighted by Gasteiger charge is 2.61. The molecule has 2 N–H and O–H groups in total. The summed E-state index contributed by atoms with van der Waals surface area (Å²) in [5.41, 5.74) is -0.771. The van der Waals surface area contributed by atoms with E-state index in [-0.39, 0.29) is 34.6 Å². The maximum absolute atomic E-state index is 13.0. The molecule has 3 saturated carbocycles. The van der Waals surface area contributed by atoms with Crippen LogP contribution in [0.5, 0.6) is 0 Å². The molecule has 3 aliphatic carbocycles. The van der Waals surface area contributed by atoms with Crippen molar-refractivity contribution in [2.45, 2.75) is 77.8 Å². The van der Waals surface area contributed by atoms with Crippen molar-refractivity contribution in [1.29, 1.82) is 0 Å². The quantitative estimate of drug-likeness (QED) is 0.732. The minimum Gasteiger partial charge on any atom is -0.349 e. The van der Waals surface area contributed by atoms with E-state index in [2.05, 4.69) is 30.6 Å². The maximum Gasteiger partial charge on any atom is 0.243 e. The molecule has 0 aromatic carbocycles. The lowest BCUT2D eigenvalue weighted by atomic mass is 9.48. The summed E-state index contributed by atoms with van der Waals surface area (Å²) < 4.78 is 0. The van der Waals surface area contributed by atoms with Gasteiger partial charge in [-0.05, 0) is 81.6 Å². The first-order valence-electron chi connectivity index (χ1n) is 10.9. The second-order valence-corrected chi connectivity index (χ2v) is 10.7. The molecule has 5 heteroatoms. The molecular formula is C23H34N2O3. The summed E-state index contributed by atoms with van der Waals surface area (Å²) in [6, 6.07) is 0.240. The first kappa shape index (κ1) is 19.7. The van der Waals surface area contributed by atoms with E-state index < -0.39 is 5.54 Å². The number of carbonyl (C=O) groups is 3. The highest BCUT2D eigenvalue weighted by molar-refractivity contribution is 5.89. The molecule has 0 radical (unpaired) electrons. The Hall–Kier alpha value is -1.65. The smallest absolute Gasteiger partial charge is 0.243 e. The molecule has 0 aromatic rings. The molecule has 0 bridgehead atoms. The van der Waals surface area contributed by atoms with Gasteiger partial charge in [-0.15, -0.1) is 0 Å². The fourth-order valence-electron chi connectivity index (χ4n) is 7.20. The number of fused-ring (bicyclic) bond motifs is 5. The Morgan fingerprint density at radius 1 is 1.18 bits per heavy atom. The zero-order chi connectivity index (χ0) is 20.3. The number of hydrogen-bond donors (Lipinski definition) is 2. The van der Waals surface area contributed by atoms with E-state index in [1.807, 2.05) is 0 Å². The molecule has 7 atom stereocenters. The van der Waals surface area contributed by atoms with Crippen LogP contribution in [-0.2, 0) is 14.4 Å². The van der Waals surface area contributed by atoms with Gasteiger partial charge in [0.05, 0.1) is 5.54 Å². The third-order valence-corrected chi connectivity index (χ3v) is 8.74. The molecule has 0 unspecified atom stereocenters. The van der Waals surface area contributed by atoms with Crippen LogP contribution in [0.3, 0.4) is 0 Å². The van der Waals surface area contributed by atoms with Crippen LogP contribution < -0.4 is 10.6 Å². The van der Waals surface area contributed by atoms with Gasteiger partial charge >= 0.3 is 0 Å². The van der Waals surface area contributed by atoms with Crippen LogP contribution in [0.15, 0.2) is 12.2 Å². The average Bonchev–Trinajstić information content (AvgIpc) is 2.99. The molecule has 0 aromatic heterocycles. The molecule has 28 heavy (non-hydrogen) atoms. The van der Waals surface area contributed by atoms with Crippen molar-refractivity contribution in [2.75, 3.05) is 0 Å². The maximum atomic E-state index is 13.0. The summed E-state index contributed by atoms with van der Waals surface area (Å²) in [6.07, 6.45) is 11.0. The number of carbonyl (C=O) groups excluding carboxylic acids is 3. The standard InChI is InChI=1S/C23H34N2O3/c1-21(2,13-26)25-20(28)17-7-6-15-14-5-8-18-23(4,12-10-19(27)24-18)16(14)9-11-22(15,17)3/h10,12-18H,5-9,11H2,1-4H3,(H,24,27)(H,25,28)/t14-,15-,16-,17+,18+,22-,23+/m0/s1. The fourth-order valence-corrected chi connectivity index (χ4v) is 7.20. The molecule has 0 saturated heterocycles. The topological polar surface area (TPSA) is 75.3 Å². The van der Waals surface area contributed by atoms with E-state index in [9.17, 15) is 14.4 Å². The highest BCUT2D eigenvalue weighted by Crippen LogP contribution is 2.65. The van der Waals surface area contributed by atoms with Crippen molar-refractivity contribution in [3.05, 3.63) is 12.2 Å². The fraction of sp³-hybridized carbons (Fsp3) is 0.783. The second-order valence-electron chi connectivity index (χ2n) is 10.7. The van der Waals surface area contributed by atoms with Crippen molar-refractivity contribution in [1.82, 2.24) is 10.6 Å². The van der Waals surface area contributed by atoms with Gasteiger partial charge in [-0.25, -0.2) is 0 Å². The Kier molecular flexibility index (Phi) is 4.51. The highest BCUT2D eigenvalue weighted by atomic mass is 16.2. The second kappa shape index (κ2) is 6.43. The molecule has 3 fully saturated rings. The van der Waals surface area contributed by atoms with Crippen LogP contribution in [0, 0.1) is 34.5 Å². The van der Waals surface area contributed by atoms with E-state index in [1.165, 1.54) is 0 Å². The van der Waals surface area contributed by atoms with E-state index in [1.54, 1.807) is 19.9 Å². The Morgan fingerprint density at radius 2 is 1.93 bits per heavy atom. The lowest BCUT2D eigenvalue weighted by Crippen LogP contribution is -2.60. The van der Waals surface area contributed by atoms with Crippen molar-refractivity contribution in [2.24, 2.45) is 34.5 Å². The number of hydrogen-bond acceptors (Lipinski definition) is 3. The van der Waals surface area contributed by atoms with Crippen LogP contribution >= 0.6 is 0 Å². The van der Waals surface area contributed by atoms with Gasteiger partial charge in [-0.1, -0.05) is 19.9 Å². The van der Waals surface area contributed by atoms with Crippen LogP contribution in [-0.4, -0.2) is 29.7 Å². The molecule has 2 amide bonds. The molecule has 1 heterocycles. The van der Waals surface area contributed by atoms with Crippen LogP contribution in [0.1, 0.15) is 66.2 Å². The normalized spacial score (nSPS) is 44.7.